The molecule has 2 aromatic rings. The van der Waals surface area contributed by atoms with Crippen LogP contribution < -0.4 is 15.8 Å². The van der Waals surface area contributed by atoms with Gasteiger partial charge in [0.15, 0.2) is 0 Å². The highest BCUT2D eigenvalue weighted by Crippen LogP contribution is 2.17. The van der Waals surface area contributed by atoms with E-state index in [1.165, 1.54) is 5.69 Å². The molecule has 154 valence electrons. The molecule has 6 nitrogen and oxygen atoms in total. The summed E-state index contributed by atoms with van der Waals surface area (Å²) in [6, 6.07) is 20.4. The van der Waals surface area contributed by atoms with Gasteiger partial charge in [0.2, 0.25) is 11.8 Å². The number of nitrogens with zero attached hydrogens (tertiary/aromatic N) is 2. The monoisotopic (exact) mass is 412 g/mol. The lowest BCUT2D eigenvalue weighted by molar-refractivity contribution is -0.128. The normalized spacial score (nSPS) is 14.4. The van der Waals surface area contributed by atoms with E-state index in [4.69, 9.17) is 0 Å². The number of rotatable bonds is 8. The molecule has 0 aliphatic carbocycles. The van der Waals surface area contributed by atoms with Crippen molar-refractivity contribution >= 4 is 29.3 Å². The highest BCUT2D eigenvalue weighted by Gasteiger charge is 2.17. The lowest BCUT2D eigenvalue weighted by Gasteiger charge is -2.36. The van der Waals surface area contributed by atoms with E-state index in [2.05, 4.69) is 44.9 Å². The van der Waals surface area contributed by atoms with Crippen molar-refractivity contribution in [2.24, 2.45) is 0 Å². The van der Waals surface area contributed by atoms with Gasteiger partial charge in [-0.2, -0.15) is 0 Å². The first-order valence-electron chi connectivity index (χ1n) is 9.98. The Bertz CT molecular complexity index is 765. The number of para-hydroxylation sites is 1. The Kier molecular flexibility index (Phi) is 8.40. The zero-order valence-corrected chi connectivity index (χ0v) is 17.4. The fraction of sp³-hybridized carbons (Fsp3) is 0.364. The van der Waals surface area contributed by atoms with Crippen LogP contribution in [0.5, 0.6) is 0 Å². The summed E-state index contributed by atoms with van der Waals surface area (Å²) in [5.41, 5.74) is 6.28. The summed E-state index contributed by atoms with van der Waals surface area (Å²) in [4.78, 5) is 29.7. The molecule has 3 rings (SSSR count). The number of carbonyl (C=O) groups excluding carboxylic acids is 2. The average Bonchev–Trinajstić information content (AvgIpc) is 2.78. The minimum Gasteiger partial charge on any atom is -0.369 e. The Labute approximate surface area is 176 Å². The van der Waals surface area contributed by atoms with E-state index in [-0.39, 0.29) is 11.8 Å². The number of amides is 2. The van der Waals surface area contributed by atoms with Gasteiger partial charge in [0.1, 0.15) is 0 Å². The predicted molar refractivity (Wildman–Crippen MR) is 118 cm³/mol. The molecule has 0 unspecified atom stereocenters. The van der Waals surface area contributed by atoms with Crippen molar-refractivity contribution in [3.8, 4) is 0 Å². The highest BCUT2D eigenvalue weighted by molar-refractivity contribution is 7.99. The summed E-state index contributed by atoms with van der Waals surface area (Å²) in [6.45, 7) is 4.49. The molecular weight excluding hydrogens is 384 g/mol. The molecule has 1 aliphatic heterocycles. The smallest absolute Gasteiger partial charge is 0.239 e. The summed E-state index contributed by atoms with van der Waals surface area (Å²) in [5, 5.41) is 0. The SMILES string of the molecule is O=C(CCSc1ccccc1)NNC(=O)CCN1CCN(c2ccccc2)CC1. The first-order valence-corrected chi connectivity index (χ1v) is 11.0. The summed E-state index contributed by atoms with van der Waals surface area (Å²) in [5.74, 6) is 0.357. The fourth-order valence-electron chi connectivity index (χ4n) is 3.17. The number of hydrogen-bond acceptors (Lipinski definition) is 5. The Morgan fingerprint density at radius 1 is 0.793 bits per heavy atom. The van der Waals surface area contributed by atoms with Gasteiger partial charge in [-0.15, -0.1) is 11.8 Å². The molecule has 0 atom stereocenters. The second-order valence-electron chi connectivity index (χ2n) is 6.92. The van der Waals surface area contributed by atoms with Crippen LogP contribution in [0, 0.1) is 0 Å². The number of hydrazine groups is 1. The standard InChI is InChI=1S/C22H28N4O2S/c27-21(23-24-22(28)12-18-29-20-9-5-2-6-10-20)11-13-25-14-16-26(17-15-25)19-7-3-1-4-8-19/h1-10H,11-18H2,(H,23,27)(H,24,28). The minimum absolute atomic E-state index is 0.153. The van der Waals surface area contributed by atoms with E-state index < -0.39 is 0 Å². The van der Waals surface area contributed by atoms with Crippen LogP contribution in [0.4, 0.5) is 5.69 Å². The first-order chi connectivity index (χ1) is 14.2. The molecule has 2 N–H and O–H groups in total. The third-order valence-electron chi connectivity index (χ3n) is 4.83. The van der Waals surface area contributed by atoms with Crippen LogP contribution in [0.2, 0.25) is 0 Å². The number of thioether (sulfide) groups is 1. The molecule has 0 radical (unpaired) electrons. The lowest BCUT2D eigenvalue weighted by Crippen LogP contribution is -2.48. The van der Waals surface area contributed by atoms with Gasteiger partial charge in [-0.25, -0.2) is 0 Å². The maximum Gasteiger partial charge on any atom is 0.239 e. The van der Waals surface area contributed by atoms with Gasteiger partial charge in [-0.05, 0) is 24.3 Å². The van der Waals surface area contributed by atoms with E-state index >= 15 is 0 Å². The van der Waals surface area contributed by atoms with Crippen molar-refractivity contribution < 1.29 is 9.59 Å². The molecule has 0 aromatic heterocycles. The van der Waals surface area contributed by atoms with Crippen molar-refractivity contribution in [3.05, 3.63) is 60.7 Å². The third kappa shape index (κ3) is 7.44. The summed E-state index contributed by atoms with van der Waals surface area (Å²) < 4.78 is 0. The molecule has 0 saturated carbocycles. The van der Waals surface area contributed by atoms with Crippen LogP contribution in [-0.4, -0.2) is 55.2 Å². The van der Waals surface area contributed by atoms with Gasteiger partial charge in [0.05, 0.1) is 0 Å². The molecule has 1 aliphatic rings. The zero-order chi connectivity index (χ0) is 20.3. The lowest BCUT2D eigenvalue weighted by atomic mass is 10.2. The maximum atomic E-state index is 12.0. The van der Waals surface area contributed by atoms with Crippen LogP contribution in [0.3, 0.4) is 0 Å². The van der Waals surface area contributed by atoms with E-state index in [1.807, 2.05) is 36.4 Å². The fourth-order valence-corrected chi connectivity index (χ4v) is 4.04. The number of anilines is 1. The van der Waals surface area contributed by atoms with Gasteiger partial charge >= 0.3 is 0 Å². The summed E-state index contributed by atoms with van der Waals surface area (Å²) in [7, 11) is 0. The third-order valence-corrected chi connectivity index (χ3v) is 5.84. The predicted octanol–water partition coefficient (Wildman–Crippen LogP) is 2.53. The van der Waals surface area contributed by atoms with E-state index in [1.54, 1.807) is 11.8 Å². The number of piperazine rings is 1. The largest absolute Gasteiger partial charge is 0.369 e. The van der Waals surface area contributed by atoms with E-state index in [0.717, 1.165) is 31.1 Å². The molecule has 0 bridgehead atoms. The Morgan fingerprint density at radius 2 is 1.38 bits per heavy atom. The zero-order valence-electron chi connectivity index (χ0n) is 16.5. The number of benzene rings is 2. The molecule has 1 heterocycles. The quantitative estimate of drug-likeness (QED) is 0.515. The minimum atomic E-state index is -0.168. The molecule has 7 heteroatoms. The van der Waals surface area contributed by atoms with E-state index in [9.17, 15) is 9.59 Å². The second-order valence-corrected chi connectivity index (χ2v) is 8.09. The van der Waals surface area contributed by atoms with Crippen LogP contribution in [0.25, 0.3) is 0 Å². The van der Waals surface area contributed by atoms with Gasteiger partial charge < -0.3 is 4.90 Å². The molecule has 2 amide bonds. The summed E-state index contributed by atoms with van der Waals surface area (Å²) >= 11 is 1.63. The maximum absolute atomic E-state index is 12.0. The molecular formula is C22H28N4O2S. The van der Waals surface area contributed by atoms with Crippen molar-refractivity contribution in [1.82, 2.24) is 15.8 Å². The van der Waals surface area contributed by atoms with E-state index in [0.29, 0.717) is 25.1 Å². The van der Waals surface area contributed by atoms with Gasteiger partial charge in [-0.1, -0.05) is 36.4 Å². The van der Waals surface area contributed by atoms with Crippen LogP contribution >= 0.6 is 11.8 Å². The van der Waals surface area contributed by atoms with Crippen molar-refractivity contribution in [2.45, 2.75) is 17.7 Å². The Hall–Kier alpha value is -2.51. The molecule has 0 spiro atoms. The number of nitrogens with one attached hydrogen (secondary N) is 2. The Balaban J connectivity index is 1.25. The average molecular weight is 413 g/mol. The van der Waals surface area contributed by atoms with Crippen LogP contribution in [0.1, 0.15) is 12.8 Å². The molecule has 29 heavy (non-hydrogen) atoms. The molecule has 2 aromatic carbocycles. The first kappa shape index (κ1) is 21.2. The number of hydrogen-bond donors (Lipinski definition) is 2. The van der Waals surface area contributed by atoms with Crippen molar-refractivity contribution in [3.63, 3.8) is 0 Å². The number of carbonyl (C=O) groups is 2. The molecule has 1 fully saturated rings. The van der Waals surface area contributed by atoms with Gasteiger partial charge in [-0.3, -0.25) is 25.3 Å². The van der Waals surface area contributed by atoms with Crippen LogP contribution in [-0.2, 0) is 9.59 Å². The Morgan fingerprint density at radius 3 is 2.03 bits per heavy atom. The van der Waals surface area contributed by atoms with Crippen molar-refractivity contribution in [1.29, 1.82) is 0 Å². The molecule has 1 saturated heterocycles. The van der Waals surface area contributed by atoms with Gasteiger partial charge in [0.25, 0.3) is 0 Å². The van der Waals surface area contributed by atoms with Crippen molar-refractivity contribution in [2.75, 3.05) is 43.4 Å². The summed E-state index contributed by atoms with van der Waals surface area (Å²) in [6.07, 6.45) is 0.742. The van der Waals surface area contributed by atoms with Gasteiger partial charge in [0, 0.05) is 61.9 Å². The topological polar surface area (TPSA) is 64.7 Å². The highest BCUT2D eigenvalue weighted by atomic mass is 32.2. The second kappa shape index (κ2) is 11.5. The van der Waals surface area contributed by atoms with Crippen LogP contribution in [0.15, 0.2) is 65.6 Å².